The monoisotopic (exact) mass is 197 g/mol. The van der Waals surface area contributed by atoms with Crippen molar-refractivity contribution < 1.29 is 15.0 Å². The van der Waals surface area contributed by atoms with Gasteiger partial charge in [-0.05, 0) is 12.1 Å². The van der Waals surface area contributed by atoms with E-state index in [1.807, 2.05) is 6.07 Å². The molecule has 0 aromatic carbocycles. The topological polar surface area (TPSA) is 81.3 Å². The van der Waals surface area contributed by atoms with E-state index in [4.69, 9.17) is 10.4 Å². The summed E-state index contributed by atoms with van der Waals surface area (Å²) in [6.07, 6.45) is -1.34. The molecule has 0 saturated heterocycles. The molecule has 0 fully saturated rings. The van der Waals surface area contributed by atoms with Gasteiger partial charge in [-0.3, -0.25) is 4.79 Å². The number of aliphatic carboxylic acids is 1. The lowest BCUT2D eigenvalue weighted by atomic mass is 10.2. The van der Waals surface area contributed by atoms with Gasteiger partial charge in [0.05, 0.1) is 12.5 Å². The summed E-state index contributed by atoms with van der Waals surface area (Å²) in [5, 5.41) is 26.2. The second-order valence-corrected chi connectivity index (χ2v) is 3.54. The molecule has 0 aliphatic rings. The Kier molecular flexibility index (Phi) is 3.01. The van der Waals surface area contributed by atoms with Crippen molar-refractivity contribution in [2.75, 3.05) is 0 Å². The molecule has 1 aromatic rings. The number of carboxylic acids is 1. The molecule has 1 rings (SSSR count). The summed E-state index contributed by atoms with van der Waals surface area (Å²) >= 11 is 1.11. The second kappa shape index (κ2) is 4.03. The van der Waals surface area contributed by atoms with Gasteiger partial charge in [-0.2, -0.15) is 5.26 Å². The van der Waals surface area contributed by atoms with E-state index in [0.29, 0.717) is 9.75 Å². The summed E-state index contributed by atoms with van der Waals surface area (Å²) in [6, 6.07) is 5.04. The summed E-state index contributed by atoms with van der Waals surface area (Å²) in [6.45, 7) is 0. The van der Waals surface area contributed by atoms with Gasteiger partial charge in [0.2, 0.25) is 0 Å². The molecule has 0 radical (unpaired) electrons. The molecule has 0 unspecified atom stereocenters. The normalized spacial score (nSPS) is 12.0. The van der Waals surface area contributed by atoms with Crippen molar-refractivity contribution in [1.29, 1.82) is 5.26 Å². The van der Waals surface area contributed by atoms with E-state index in [9.17, 15) is 9.90 Å². The van der Waals surface area contributed by atoms with Crippen molar-refractivity contribution in [2.24, 2.45) is 0 Å². The Labute approximate surface area is 78.7 Å². The molecular weight excluding hydrogens is 190 g/mol. The maximum Gasteiger partial charge on any atom is 0.306 e. The second-order valence-electron chi connectivity index (χ2n) is 2.43. The summed E-state index contributed by atoms with van der Waals surface area (Å²) in [5.41, 5.74) is 0. The number of nitrogens with zero attached hydrogens (tertiary/aromatic N) is 1. The third-order valence-electron chi connectivity index (χ3n) is 1.43. The average Bonchev–Trinajstić information content (AvgIpc) is 2.50. The fourth-order valence-corrected chi connectivity index (χ4v) is 1.65. The average molecular weight is 197 g/mol. The molecule has 4 nitrogen and oxygen atoms in total. The Morgan fingerprint density at radius 3 is 2.85 bits per heavy atom. The number of nitriles is 1. The molecule has 0 bridgehead atoms. The number of rotatable bonds is 3. The molecule has 0 spiro atoms. The summed E-state index contributed by atoms with van der Waals surface area (Å²) in [7, 11) is 0. The number of hydrogen-bond donors (Lipinski definition) is 2. The number of aliphatic hydroxyl groups excluding tert-OH is 1. The van der Waals surface area contributed by atoms with Gasteiger partial charge in [0.1, 0.15) is 10.9 Å². The molecular formula is C8H7NO3S. The van der Waals surface area contributed by atoms with Crippen LogP contribution in [-0.4, -0.2) is 16.2 Å². The summed E-state index contributed by atoms with van der Waals surface area (Å²) in [4.78, 5) is 11.2. The zero-order valence-electron chi connectivity index (χ0n) is 6.60. The van der Waals surface area contributed by atoms with E-state index >= 15 is 0 Å². The number of thiophene rings is 1. The van der Waals surface area contributed by atoms with E-state index in [1.54, 1.807) is 12.1 Å². The van der Waals surface area contributed by atoms with Crippen LogP contribution in [0.2, 0.25) is 0 Å². The maximum absolute atomic E-state index is 10.2. The maximum atomic E-state index is 10.2. The first kappa shape index (κ1) is 9.71. The van der Waals surface area contributed by atoms with Crippen molar-refractivity contribution >= 4 is 17.3 Å². The third kappa shape index (κ3) is 2.54. The van der Waals surface area contributed by atoms with Crippen LogP contribution < -0.4 is 0 Å². The first-order chi connectivity index (χ1) is 6.13. The minimum Gasteiger partial charge on any atom is -0.481 e. The van der Waals surface area contributed by atoms with Crippen LogP contribution in [0.15, 0.2) is 12.1 Å². The highest BCUT2D eigenvalue weighted by Gasteiger charge is 2.13. The zero-order chi connectivity index (χ0) is 9.84. The molecule has 0 saturated carbocycles. The first-order valence-electron chi connectivity index (χ1n) is 3.53. The lowest BCUT2D eigenvalue weighted by molar-refractivity contribution is -0.139. The lowest BCUT2D eigenvalue weighted by Gasteiger charge is -2.02. The molecule has 1 heterocycles. The van der Waals surface area contributed by atoms with Crippen LogP contribution in [0.25, 0.3) is 0 Å². The fourth-order valence-electron chi connectivity index (χ4n) is 0.858. The van der Waals surface area contributed by atoms with Crippen molar-refractivity contribution in [3.05, 3.63) is 21.9 Å². The Bertz CT molecular complexity index is 353. The van der Waals surface area contributed by atoms with E-state index in [0.717, 1.165) is 11.3 Å². The predicted octanol–water partition coefficient (Wildman–Crippen LogP) is 1.13. The highest BCUT2D eigenvalue weighted by Crippen LogP contribution is 2.24. The molecule has 1 atom stereocenters. The summed E-state index contributed by atoms with van der Waals surface area (Å²) in [5.74, 6) is -1.06. The Hall–Kier alpha value is -1.38. The highest BCUT2D eigenvalue weighted by atomic mass is 32.1. The molecule has 5 heteroatoms. The van der Waals surface area contributed by atoms with Crippen molar-refractivity contribution in [1.82, 2.24) is 0 Å². The SMILES string of the molecule is N#Cc1ccc([C@@H](O)CC(=O)O)s1. The Morgan fingerprint density at radius 1 is 1.69 bits per heavy atom. The van der Waals surface area contributed by atoms with Gasteiger partial charge in [-0.15, -0.1) is 11.3 Å². The van der Waals surface area contributed by atoms with Crippen molar-refractivity contribution in [3.63, 3.8) is 0 Å². The smallest absolute Gasteiger partial charge is 0.306 e. The van der Waals surface area contributed by atoms with Crippen LogP contribution in [0.4, 0.5) is 0 Å². The zero-order valence-corrected chi connectivity index (χ0v) is 7.41. The van der Waals surface area contributed by atoms with E-state index in [2.05, 4.69) is 0 Å². The lowest BCUT2D eigenvalue weighted by Crippen LogP contribution is -2.03. The van der Waals surface area contributed by atoms with Crippen molar-refractivity contribution in [2.45, 2.75) is 12.5 Å². The standard InChI is InChI=1S/C8H7NO3S/c9-4-5-1-2-7(13-5)6(10)3-8(11)12/h1-2,6,10H,3H2,(H,11,12)/t6-/m0/s1. The Morgan fingerprint density at radius 2 is 2.38 bits per heavy atom. The molecule has 1 aromatic heterocycles. The van der Waals surface area contributed by atoms with Crippen LogP contribution >= 0.6 is 11.3 Å². The van der Waals surface area contributed by atoms with Gasteiger partial charge in [0.15, 0.2) is 0 Å². The van der Waals surface area contributed by atoms with Crippen LogP contribution in [-0.2, 0) is 4.79 Å². The van der Waals surface area contributed by atoms with Gasteiger partial charge in [0, 0.05) is 4.88 Å². The van der Waals surface area contributed by atoms with E-state index in [-0.39, 0.29) is 6.42 Å². The number of carboxylic acid groups (broad SMARTS) is 1. The van der Waals surface area contributed by atoms with Gasteiger partial charge in [0.25, 0.3) is 0 Å². The third-order valence-corrected chi connectivity index (χ3v) is 2.52. The fraction of sp³-hybridized carbons (Fsp3) is 0.250. The minimum atomic E-state index is -1.06. The molecule has 13 heavy (non-hydrogen) atoms. The number of hydrogen-bond acceptors (Lipinski definition) is 4. The number of aliphatic hydroxyl groups is 1. The van der Waals surface area contributed by atoms with E-state index < -0.39 is 12.1 Å². The minimum absolute atomic E-state index is 0.328. The largest absolute Gasteiger partial charge is 0.481 e. The van der Waals surface area contributed by atoms with E-state index in [1.165, 1.54) is 0 Å². The van der Waals surface area contributed by atoms with Gasteiger partial charge in [-0.1, -0.05) is 0 Å². The van der Waals surface area contributed by atoms with Crippen LogP contribution in [0.3, 0.4) is 0 Å². The predicted molar refractivity (Wildman–Crippen MR) is 46.2 cm³/mol. The Balaban J connectivity index is 2.72. The molecule has 0 aliphatic carbocycles. The van der Waals surface area contributed by atoms with Crippen LogP contribution in [0.5, 0.6) is 0 Å². The van der Waals surface area contributed by atoms with Gasteiger partial charge < -0.3 is 10.2 Å². The quantitative estimate of drug-likeness (QED) is 0.761. The van der Waals surface area contributed by atoms with Crippen LogP contribution in [0, 0.1) is 11.3 Å². The van der Waals surface area contributed by atoms with Crippen molar-refractivity contribution in [3.8, 4) is 6.07 Å². The molecule has 2 N–H and O–H groups in total. The highest BCUT2D eigenvalue weighted by molar-refractivity contribution is 7.12. The van der Waals surface area contributed by atoms with Gasteiger partial charge in [-0.25, -0.2) is 0 Å². The molecule has 68 valence electrons. The first-order valence-corrected chi connectivity index (χ1v) is 4.35. The summed E-state index contributed by atoms with van der Waals surface area (Å²) < 4.78 is 0. The van der Waals surface area contributed by atoms with Crippen LogP contribution in [0.1, 0.15) is 22.3 Å². The molecule has 0 aliphatic heterocycles. The number of carbonyl (C=O) groups is 1. The molecule has 0 amide bonds. The van der Waals surface area contributed by atoms with Gasteiger partial charge >= 0.3 is 5.97 Å².